The number of likely N-dealkylation sites (tertiary alicyclic amines) is 1. The lowest BCUT2D eigenvalue weighted by atomic mass is 9.97. The van der Waals surface area contributed by atoms with Gasteiger partial charge in [-0.25, -0.2) is 0 Å². The molecule has 0 amide bonds. The molecule has 1 unspecified atom stereocenters. The maximum Gasteiger partial charge on any atom is 0.0595 e. The fourth-order valence-electron chi connectivity index (χ4n) is 3.07. The summed E-state index contributed by atoms with van der Waals surface area (Å²) in [5.41, 5.74) is 4.15. The third-order valence-electron chi connectivity index (χ3n) is 4.47. The van der Waals surface area contributed by atoms with Crippen LogP contribution in [-0.4, -0.2) is 44.8 Å². The summed E-state index contributed by atoms with van der Waals surface area (Å²) in [6, 6.07) is 7.15. The van der Waals surface area contributed by atoms with Crippen LogP contribution in [0.3, 0.4) is 0 Å². The zero-order valence-corrected chi connectivity index (χ0v) is 13.3. The molecule has 0 radical (unpaired) electrons. The molecule has 1 N–H and O–H groups in total. The van der Waals surface area contributed by atoms with Crippen molar-refractivity contribution < 1.29 is 4.74 Å². The maximum absolute atomic E-state index is 5.45. The second kappa shape index (κ2) is 7.21. The molecule has 3 nitrogen and oxygen atoms in total. The van der Waals surface area contributed by atoms with Crippen LogP contribution in [0.2, 0.25) is 0 Å². The van der Waals surface area contributed by atoms with Gasteiger partial charge in [0.05, 0.1) is 6.10 Å². The minimum Gasteiger partial charge on any atom is -0.381 e. The average molecular weight is 276 g/mol. The highest BCUT2D eigenvalue weighted by molar-refractivity contribution is 5.33. The normalized spacial score (nSPS) is 19.2. The second-order valence-corrected chi connectivity index (χ2v) is 5.94. The summed E-state index contributed by atoms with van der Waals surface area (Å²) in [5, 5.41) is 3.49. The van der Waals surface area contributed by atoms with Crippen molar-refractivity contribution in [1.29, 1.82) is 0 Å². The molecule has 20 heavy (non-hydrogen) atoms. The predicted molar refractivity (Wildman–Crippen MR) is 84.2 cm³/mol. The largest absolute Gasteiger partial charge is 0.381 e. The number of hydrogen-bond acceptors (Lipinski definition) is 3. The number of benzene rings is 1. The molecule has 3 heteroatoms. The number of likely N-dealkylation sites (N-methyl/N-ethyl adjacent to an activating group) is 1. The SMILES string of the molecule is CNC(CN1CCC(OC)CC1)c1cc(C)ccc1C. The van der Waals surface area contributed by atoms with Crippen molar-refractivity contribution in [2.75, 3.05) is 33.8 Å². The highest BCUT2D eigenvalue weighted by Crippen LogP contribution is 2.22. The molecule has 0 aliphatic carbocycles. The van der Waals surface area contributed by atoms with Crippen LogP contribution in [0.5, 0.6) is 0 Å². The van der Waals surface area contributed by atoms with Gasteiger partial charge in [-0.05, 0) is 44.9 Å². The van der Waals surface area contributed by atoms with Crippen LogP contribution in [0, 0.1) is 13.8 Å². The van der Waals surface area contributed by atoms with Crippen LogP contribution in [0.4, 0.5) is 0 Å². The van der Waals surface area contributed by atoms with Gasteiger partial charge in [-0.3, -0.25) is 0 Å². The number of hydrogen-bond donors (Lipinski definition) is 1. The third-order valence-corrected chi connectivity index (χ3v) is 4.47. The summed E-state index contributed by atoms with van der Waals surface area (Å²) in [4.78, 5) is 2.55. The fourth-order valence-corrected chi connectivity index (χ4v) is 3.07. The lowest BCUT2D eigenvalue weighted by molar-refractivity contribution is 0.0386. The van der Waals surface area contributed by atoms with Crippen molar-refractivity contribution in [3.05, 3.63) is 34.9 Å². The summed E-state index contributed by atoms with van der Waals surface area (Å²) in [7, 11) is 3.89. The first-order valence-corrected chi connectivity index (χ1v) is 7.63. The first kappa shape index (κ1) is 15.5. The Kier molecular flexibility index (Phi) is 5.58. The van der Waals surface area contributed by atoms with Gasteiger partial charge in [0.2, 0.25) is 0 Å². The molecule has 2 rings (SSSR count). The molecule has 1 aromatic carbocycles. The van der Waals surface area contributed by atoms with Gasteiger partial charge in [0.25, 0.3) is 0 Å². The first-order valence-electron chi connectivity index (χ1n) is 7.63. The molecule has 112 valence electrons. The Morgan fingerprint density at radius 3 is 2.60 bits per heavy atom. The van der Waals surface area contributed by atoms with E-state index in [9.17, 15) is 0 Å². The topological polar surface area (TPSA) is 24.5 Å². The summed E-state index contributed by atoms with van der Waals surface area (Å²) in [5.74, 6) is 0. The zero-order chi connectivity index (χ0) is 14.5. The van der Waals surface area contributed by atoms with E-state index in [-0.39, 0.29) is 0 Å². The highest BCUT2D eigenvalue weighted by atomic mass is 16.5. The zero-order valence-electron chi connectivity index (χ0n) is 13.3. The molecule has 1 aromatic rings. The molecule has 1 aliphatic heterocycles. The number of methoxy groups -OCH3 is 1. The summed E-state index contributed by atoms with van der Waals surface area (Å²) >= 11 is 0. The lowest BCUT2D eigenvalue weighted by Gasteiger charge is -2.34. The predicted octanol–water partition coefficient (Wildman–Crippen LogP) is 2.67. The molecule has 0 aromatic heterocycles. The molecular formula is C17H28N2O. The van der Waals surface area contributed by atoms with Gasteiger partial charge in [-0.15, -0.1) is 0 Å². The van der Waals surface area contributed by atoms with E-state index in [2.05, 4.69) is 49.3 Å². The van der Waals surface area contributed by atoms with E-state index in [1.54, 1.807) is 0 Å². The molecule has 1 fully saturated rings. The van der Waals surface area contributed by atoms with E-state index < -0.39 is 0 Å². The Bertz CT molecular complexity index is 425. The molecular weight excluding hydrogens is 248 g/mol. The maximum atomic E-state index is 5.45. The second-order valence-electron chi connectivity index (χ2n) is 5.94. The highest BCUT2D eigenvalue weighted by Gasteiger charge is 2.22. The van der Waals surface area contributed by atoms with Crippen molar-refractivity contribution in [1.82, 2.24) is 10.2 Å². The minimum absolute atomic E-state index is 0.411. The molecule has 1 saturated heterocycles. The Morgan fingerprint density at radius 2 is 2.00 bits per heavy atom. The van der Waals surface area contributed by atoms with Crippen molar-refractivity contribution in [3.63, 3.8) is 0 Å². The average Bonchev–Trinajstić information content (AvgIpc) is 2.48. The van der Waals surface area contributed by atoms with Gasteiger partial charge in [-0.1, -0.05) is 23.8 Å². The van der Waals surface area contributed by atoms with E-state index in [1.165, 1.54) is 16.7 Å². The van der Waals surface area contributed by atoms with E-state index >= 15 is 0 Å². The van der Waals surface area contributed by atoms with Crippen LogP contribution in [-0.2, 0) is 4.74 Å². The van der Waals surface area contributed by atoms with Gasteiger partial charge >= 0.3 is 0 Å². The number of nitrogens with one attached hydrogen (secondary N) is 1. The fraction of sp³-hybridized carbons (Fsp3) is 0.647. The van der Waals surface area contributed by atoms with E-state index in [0.717, 1.165) is 32.5 Å². The Balaban J connectivity index is 2.00. The van der Waals surface area contributed by atoms with Crippen molar-refractivity contribution in [2.45, 2.75) is 38.8 Å². The molecule has 0 spiro atoms. The molecule has 0 saturated carbocycles. The van der Waals surface area contributed by atoms with E-state index in [0.29, 0.717) is 12.1 Å². The molecule has 1 atom stereocenters. The summed E-state index contributed by atoms with van der Waals surface area (Å²) in [6.45, 7) is 7.73. The smallest absolute Gasteiger partial charge is 0.0595 e. The number of ether oxygens (including phenoxy) is 1. The monoisotopic (exact) mass is 276 g/mol. The summed E-state index contributed by atoms with van der Waals surface area (Å²) < 4.78 is 5.45. The van der Waals surface area contributed by atoms with Crippen LogP contribution in [0.15, 0.2) is 18.2 Å². The van der Waals surface area contributed by atoms with Gasteiger partial charge in [0.15, 0.2) is 0 Å². The van der Waals surface area contributed by atoms with Crippen molar-refractivity contribution in [2.24, 2.45) is 0 Å². The van der Waals surface area contributed by atoms with Crippen LogP contribution in [0.25, 0.3) is 0 Å². The Hall–Kier alpha value is -0.900. The Labute approximate surface area is 123 Å². The molecule has 0 bridgehead atoms. The Morgan fingerprint density at radius 1 is 1.30 bits per heavy atom. The molecule has 1 heterocycles. The number of rotatable bonds is 5. The third kappa shape index (κ3) is 3.81. The van der Waals surface area contributed by atoms with Crippen molar-refractivity contribution >= 4 is 0 Å². The van der Waals surface area contributed by atoms with Gasteiger partial charge in [-0.2, -0.15) is 0 Å². The van der Waals surface area contributed by atoms with Crippen LogP contribution < -0.4 is 5.32 Å². The van der Waals surface area contributed by atoms with Gasteiger partial charge < -0.3 is 15.0 Å². The number of piperidine rings is 1. The van der Waals surface area contributed by atoms with E-state index in [4.69, 9.17) is 4.74 Å². The standard InChI is InChI=1S/C17H28N2O/c1-13-5-6-14(2)16(11-13)17(18-3)12-19-9-7-15(20-4)8-10-19/h5-6,11,15,17-18H,7-10,12H2,1-4H3. The van der Waals surface area contributed by atoms with Gasteiger partial charge in [0.1, 0.15) is 0 Å². The lowest BCUT2D eigenvalue weighted by Crippen LogP contribution is -2.41. The van der Waals surface area contributed by atoms with E-state index in [1.807, 2.05) is 7.11 Å². The van der Waals surface area contributed by atoms with Crippen LogP contribution in [0.1, 0.15) is 35.6 Å². The quantitative estimate of drug-likeness (QED) is 0.895. The summed E-state index contributed by atoms with van der Waals surface area (Å²) in [6.07, 6.45) is 2.76. The molecule has 1 aliphatic rings. The minimum atomic E-state index is 0.411. The first-order chi connectivity index (χ1) is 9.63. The number of aryl methyl sites for hydroxylation is 2. The van der Waals surface area contributed by atoms with Gasteiger partial charge in [0, 0.05) is 32.8 Å². The number of nitrogens with zero attached hydrogens (tertiary/aromatic N) is 1. The van der Waals surface area contributed by atoms with Crippen molar-refractivity contribution in [3.8, 4) is 0 Å². The van der Waals surface area contributed by atoms with Crippen LogP contribution >= 0.6 is 0 Å².